The molecule has 27 heavy (non-hydrogen) atoms. The third-order valence-electron chi connectivity index (χ3n) is 5.38. The number of rotatable bonds is 5. The van der Waals surface area contributed by atoms with Crippen LogP contribution in [0.5, 0.6) is 5.75 Å². The van der Waals surface area contributed by atoms with Gasteiger partial charge in [0, 0.05) is 0 Å². The number of hydrazone groups is 1. The minimum atomic E-state index is -1.10. The van der Waals surface area contributed by atoms with Crippen LogP contribution in [0.15, 0.2) is 35.5 Å². The Bertz CT molecular complexity index is 866. The highest BCUT2D eigenvalue weighted by atomic mass is 35.5. The van der Waals surface area contributed by atoms with Gasteiger partial charge in [0.05, 0.1) is 23.1 Å². The van der Waals surface area contributed by atoms with Crippen LogP contribution in [0, 0.1) is 23.7 Å². The number of carboxylic acid groups (broad SMARTS) is 1. The summed E-state index contributed by atoms with van der Waals surface area (Å²) in [6.07, 6.45) is 5.28. The maximum absolute atomic E-state index is 12.6. The number of aliphatic carboxylic acids is 1. The Morgan fingerprint density at radius 2 is 1.93 bits per heavy atom. The molecule has 0 spiro atoms. The van der Waals surface area contributed by atoms with E-state index in [-0.39, 0.29) is 46.3 Å². The third kappa shape index (κ3) is 2.92. The molecule has 1 heterocycles. The minimum absolute atomic E-state index is 0.138. The van der Waals surface area contributed by atoms with Crippen molar-refractivity contribution in [2.75, 3.05) is 0 Å². The van der Waals surface area contributed by atoms with Gasteiger partial charge in [0.2, 0.25) is 0 Å². The van der Waals surface area contributed by atoms with Gasteiger partial charge in [-0.05, 0) is 48.9 Å². The molecule has 1 saturated heterocycles. The molecule has 5 atom stereocenters. The largest absolute Gasteiger partial charge is 0.479 e. The second kappa shape index (κ2) is 6.49. The van der Waals surface area contributed by atoms with Gasteiger partial charge in [-0.15, -0.1) is 0 Å². The molecule has 2 bridgehead atoms. The number of amides is 2. The van der Waals surface area contributed by atoms with Crippen LogP contribution in [0.4, 0.5) is 0 Å². The number of hydrogen-bond donors (Lipinski definition) is 1. The Labute approximate surface area is 160 Å². The topological polar surface area (TPSA) is 96.3 Å². The first-order valence-electron chi connectivity index (χ1n) is 8.66. The number of fused-ring (bicyclic) bond motifs is 5. The lowest BCUT2D eigenvalue weighted by Gasteiger charge is -2.13. The Balaban J connectivity index is 1.49. The molecule has 4 rings (SSSR count). The summed E-state index contributed by atoms with van der Waals surface area (Å²) in [5.41, 5.74) is 0.564. The predicted octanol–water partition coefficient (Wildman–Crippen LogP) is 2.33. The first-order chi connectivity index (χ1) is 12.9. The van der Waals surface area contributed by atoms with Gasteiger partial charge in [-0.3, -0.25) is 9.59 Å². The van der Waals surface area contributed by atoms with E-state index in [2.05, 4.69) is 5.10 Å². The summed E-state index contributed by atoms with van der Waals surface area (Å²) in [7, 11) is 0. The van der Waals surface area contributed by atoms with E-state index in [0.29, 0.717) is 5.56 Å². The molecule has 2 aliphatic carbocycles. The maximum atomic E-state index is 12.6. The average Bonchev–Trinajstić information content (AvgIpc) is 3.30. The van der Waals surface area contributed by atoms with Crippen molar-refractivity contribution >= 4 is 35.6 Å². The molecule has 5 unspecified atom stereocenters. The summed E-state index contributed by atoms with van der Waals surface area (Å²) >= 11 is 6.12. The summed E-state index contributed by atoms with van der Waals surface area (Å²) in [4.78, 5) is 36.0. The van der Waals surface area contributed by atoms with E-state index < -0.39 is 12.1 Å². The van der Waals surface area contributed by atoms with Crippen LogP contribution >= 0.6 is 11.6 Å². The van der Waals surface area contributed by atoms with E-state index in [4.69, 9.17) is 21.4 Å². The van der Waals surface area contributed by atoms with Gasteiger partial charge in [0.25, 0.3) is 11.8 Å². The van der Waals surface area contributed by atoms with E-state index in [9.17, 15) is 14.4 Å². The van der Waals surface area contributed by atoms with E-state index in [1.54, 1.807) is 6.07 Å². The summed E-state index contributed by atoms with van der Waals surface area (Å²) in [5, 5.41) is 14.2. The Hall–Kier alpha value is -2.67. The number of allylic oxidation sites excluding steroid dienone is 2. The van der Waals surface area contributed by atoms with Crippen molar-refractivity contribution in [3.05, 3.63) is 40.9 Å². The zero-order valence-electron chi connectivity index (χ0n) is 14.4. The number of nitrogens with zero attached hydrogens (tertiary/aromatic N) is 2. The smallest absolute Gasteiger partial charge is 0.344 e. The van der Waals surface area contributed by atoms with Gasteiger partial charge in [-0.2, -0.15) is 10.1 Å². The molecular weight excluding hydrogens is 372 g/mol. The number of imide groups is 1. The summed E-state index contributed by atoms with van der Waals surface area (Å²) in [6.45, 7) is 1.40. The van der Waals surface area contributed by atoms with Crippen LogP contribution in [0.2, 0.25) is 5.02 Å². The van der Waals surface area contributed by atoms with Crippen molar-refractivity contribution in [1.82, 2.24) is 5.01 Å². The highest BCUT2D eigenvalue weighted by Crippen LogP contribution is 2.52. The molecular formula is C19H17ClN2O5. The molecule has 7 nitrogen and oxygen atoms in total. The van der Waals surface area contributed by atoms with Crippen LogP contribution < -0.4 is 4.74 Å². The molecule has 3 aliphatic rings. The molecule has 2 fully saturated rings. The van der Waals surface area contributed by atoms with Crippen molar-refractivity contribution in [3.63, 3.8) is 0 Å². The van der Waals surface area contributed by atoms with Gasteiger partial charge < -0.3 is 9.84 Å². The molecule has 0 radical (unpaired) electrons. The molecule has 8 heteroatoms. The van der Waals surface area contributed by atoms with Crippen molar-refractivity contribution < 1.29 is 24.2 Å². The lowest BCUT2D eigenvalue weighted by molar-refractivity contribution is -0.144. The molecule has 1 aromatic rings. The molecule has 1 aliphatic heterocycles. The fraction of sp³-hybridized carbons (Fsp3) is 0.368. The van der Waals surface area contributed by atoms with Gasteiger partial charge in [-0.1, -0.05) is 23.8 Å². The Kier molecular flexibility index (Phi) is 4.26. The quantitative estimate of drug-likeness (QED) is 0.474. The lowest BCUT2D eigenvalue weighted by Crippen LogP contribution is -2.28. The molecule has 1 N–H and O–H groups in total. The van der Waals surface area contributed by atoms with Gasteiger partial charge in [0.15, 0.2) is 6.10 Å². The number of hydrogen-bond acceptors (Lipinski definition) is 5. The second-order valence-electron chi connectivity index (χ2n) is 7.02. The number of carbonyl (C=O) groups is 3. The van der Waals surface area contributed by atoms with Gasteiger partial charge in [0.1, 0.15) is 5.75 Å². The molecule has 2 amide bonds. The standard InChI is InChI=1S/C19H17ClN2O5/c1-9(19(25)26)27-14-5-2-10(6-13(14)20)8-21-22-17(23)15-11-3-4-12(7-11)16(15)18(22)24/h2-6,8-9,11-12,15-16H,7H2,1H3,(H,25,26). The molecule has 1 aromatic carbocycles. The van der Waals surface area contributed by atoms with E-state index in [1.165, 1.54) is 25.3 Å². The van der Waals surface area contributed by atoms with Crippen LogP contribution in [0.3, 0.4) is 0 Å². The minimum Gasteiger partial charge on any atom is -0.479 e. The number of carboxylic acids is 1. The Morgan fingerprint density at radius 1 is 1.30 bits per heavy atom. The summed E-state index contributed by atoms with van der Waals surface area (Å²) in [6, 6.07) is 4.68. The van der Waals surface area contributed by atoms with Crippen LogP contribution in [-0.4, -0.2) is 40.2 Å². The Morgan fingerprint density at radius 3 is 2.48 bits per heavy atom. The molecule has 140 valence electrons. The normalized spacial score (nSPS) is 29.6. The van der Waals surface area contributed by atoms with Gasteiger partial charge >= 0.3 is 5.97 Å². The summed E-state index contributed by atoms with van der Waals surface area (Å²) < 4.78 is 5.25. The van der Waals surface area contributed by atoms with E-state index >= 15 is 0 Å². The summed E-state index contributed by atoms with van der Waals surface area (Å²) in [5.74, 6) is -1.68. The van der Waals surface area contributed by atoms with Crippen molar-refractivity contribution in [1.29, 1.82) is 0 Å². The SMILES string of the molecule is CC(Oc1ccc(C=NN2C(=O)C3C4C=CC(C4)C3C2=O)cc1Cl)C(=O)O. The van der Waals surface area contributed by atoms with Gasteiger partial charge in [-0.25, -0.2) is 4.79 Å². The van der Waals surface area contributed by atoms with Crippen molar-refractivity contribution in [3.8, 4) is 5.75 Å². The molecule has 1 saturated carbocycles. The zero-order chi connectivity index (χ0) is 19.3. The van der Waals surface area contributed by atoms with E-state index in [1.807, 2.05) is 12.2 Å². The lowest BCUT2D eigenvalue weighted by atomic mass is 9.85. The predicted molar refractivity (Wildman–Crippen MR) is 96.3 cm³/mol. The fourth-order valence-corrected chi connectivity index (χ4v) is 4.29. The monoisotopic (exact) mass is 388 g/mol. The maximum Gasteiger partial charge on any atom is 0.344 e. The van der Waals surface area contributed by atoms with Crippen molar-refractivity contribution in [2.45, 2.75) is 19.4 Å². The number of benzene rings is 1. The van der Waals surface area contributed by atoms with E-state index in [0.717, 1.165) is 11.4 Å². The fourth-order valence-electron chi connectivity index (χ4n) is 4.06. The number of halogens is 1. The second-order valence-corrected chi connectivity index (χ2v) is 7.43. The average molecular weight is 389 g/mol. The van der Waals surface area contributed by atoms with Crippen LogP contribution in [-0.2, 0) is 14.4 Å². The number of carbonyl (C=O) groups excluding carboxylic acids is 2. The highest BCUT2D eigenvalue weighted by Gasteiger charge is 2.59. The van der Waals surface area contributed by atoms with Crippen LogP contribution in [0.25, 0.3) is 0 Å². The first-order valence-corrected chi connectivity index (χ1v) is 9.03. The zero-order valence-corrected chi connectivity index (χ0v) is 15.2. The van der Waals surface area contributed by atoms with Crippen molar-refractivity contribution in [2.24, 2.45) is 28.8 Å². The number of ether oxygens (including phenoxy) is 1. The highest BCUT2D eigenvalue weighted by molar-refractivity contribution is 6.32. The third-order valence-corrected chi connectivity index (χ3v) is 5.67. The van der Waals surface area contributed by atoms with Crippen LogP contribution in [0.1, 0.15) is 18.9 Å². The first kappa shape index (κ1) is 17.7. The molecule has 0 aromatic heterocycles.